The summed E-state index contributed by atoms with van der Waals surface area (Å²) in [5.41, 5.74) is 3.88. The topological polar surface area (TPSA) is 55.1 Å². The number of aromatic nitrogens is 4. The zero-order valence-electron chi connectivity index (χ0n) is 13.6. The van der Waals surface area contributed by atoms with Crippen LogP contribution in [0.1, 0.15) is 11.3 Å². The van der Waals surface area contributed by atoms with E-state index in [0.29, 0.717) is 0 Å². The molecule has 1 N–H and O–H groups in total. The Bertz CT molecular complexity index is 957. The monoisotopic (exact) mass is 353 g/mol. The Morgan fingerprint density at radius 2 is 2.00 bits per heavy atom. The van der Waals surface area contributed by atoms with Crippen molar-refractivity contribution in [2.24, 2.45) is 0 Å². The molecule has 0 aliphatic carbocycles. The number of rotatable bonds is 5. The van der Waals surface area contributed by atoms with Gasteiger partial charge in [-0.1, -0.05) is 17.4 Å². The summed E-state index contributed by atoms with van der Waals surface area (Å²) in [6.45, 7) is 2.76. The minimum absolute atomic E-state index is 0.252. The van der Waals surface area contributed by atoms with Gasteiger partial charge in [0.05, 0.1) is 11.9 Å². The minimum atomic E-state index is -0.252. The van der Waals surface area contributed by atoms with E-state index in [0.717, 1.165) is 40.0 Å². The standard InChI is InChI=1S/C18H16FN5S/c1-12-2-3-13(10-21-12)8-9-20-17-23-24-11-16(22-18(24)25-17)14-4-6-15(19)7-5-14/h2-7,10-11H,8-9H2,1H3,(H,20,23). The Morgan fingerprint density at radius 1 is 1.16 bits per heavy atom. The van der Waals surface area contributed by atoms with Gasteiger partial charge in [0.25, 0.3) is 0 Å². The molecule has 1 aromatic carbocycles. The molecule has 0 amide bonds. The average molecular weight is 353 g/mol. The van der Waals surface area contributed by atoms with Gasteiger partial charge in [-0.2, -0.15) is 0 Å². The molecule has 3 heterocycles. The number of imidazole rings is 1. The molecule has 7 heteroatoms. The van der Waals surface area contributed by atoms with Crippen molar-refractivity contribution in [2.75, 3.05) is 11.9 Å². The maximum absolute atomic E-state index is 13.0. The van der Waals surface area contributed by atoms with Gasteiger partial charge in [-0.25, -0.2) is 13.9 Å². The molecule has 3 aromatic heterocycles. The van der Waals surface area contributed by atoms with E-state index >= 15 is 0 Å². The molecule has 0 radical (unpaired) electrons. The molecule has 5 nitrogen and oxygen atoms in total. The highest BCUT2D eigenvalue weighted by Gasteiger charge is 2.09. The van der Waals surface area contributed by atoms with Crippen molar-refractivity contribution in [3.05, 3.63) is 65.9 Å². The highest BCUT2D eigenvalue weighted by molar-refractivity contribution is 7.20. The maximum Gasteiger partial charge on any atom is 0.214 e. The Hall–Kier alpha value is -2.80. The normalized spacial score (nSPS) is 11.1. The first-order valence-electron chi connectivity index (χ1n) is 7.95. The van der Waals surface area contributed by atoms with E-state index in [1.165, 1.54) is 29.0 Å². The van der Waals surface area contributed by atoms with Gasteiger partial charge in [0.2, 0.25) is 10.1 Å². The molecule has 4 rings (SSSR count). The predicted molar refractivity (Wildman–Crippen MR) is 97.4 cm³/mol. The molecule has 0 fully saturated rings. The summed E-state index contributed by atoms with van der Waals surface area (Å²) in [5, 5.41) is 8.64. The van der Waals surface area contributed by atoms with Crippen LogP contribution >= 0.6 is 11.3 Å². The number of hydrogen-bond acceptors (Lipinski definition) is 5. The molecule has 0 atom stereocenters. The quantitative estimate of drug-likeness (QED) is 0.590. The third-order valence-corrected chi connectivity index (χ3v) is 4.73. The predicted octanol–water partition coefficient (Wildman–Crippen LogP) is 3.95. The van der Waals surface area contributed by atoms with E-state index in [-0.39, 0.29) is 5.82 Å². The van der Waals surface area contributed by atoms with Crippen molar-refractivity contribution >= 4 is 21.4 Å². The van der Waals surface area contributed by atoms with Crippen LogP contribution in [0.25, 0.3) is 16.2 Å². The summed E-state index contributed by atoms with van der Waals surface area (Å²) in [6, 6.07) is 10.4. The molecule has 0 aliphatic heterocycles. The van der Waals surface area contributed by atoms with Crippen molar-refractivity contribution < 1.29 is 4.39 Å². The van der Waals surface area contributed by atoms with E-state index < -0.39 is 0 Å². The molecule has 4 aromatic rings. The number of anilines is 1. The molecule has 0 aliphatic rings. The molecule has 0 saturated heterocycles. The van der Waals surface area contributed by atoms with Crippen LogP contribution in [-0.4, -0.2) is 26.1 Å². The number of benzene rings is 1. The van der Waals surface area contributed by atoms with Crippen LogP contribution in [0.3, 0.4) is 0 Å². The molecular weight excluding hydrogens is 337 g/mol. The summed E-state index contributed by atoms with van der Waals surface area (Å²) in [4.78, 5) is 9.66. The van der Waals surface area contributed by atoms with Crippen LogP contribution in [0, 0.1) is 12.7 Å². The van der Waals surface area contributed by atoms with Crippen LogP contribution in [0.5, 0.6) is 0 Å². The lowest BCUT2D eigenvalue weighted by Crippen LogP contribution is -2.05. The van der Waals surface area contributed by atoms with Gasteiger partial charge in [0.15, 0.2) is 0 Å². The fourth-order valence-corrected chi connectivity index (χ4v) is 3.30. The van der Waals surface area contributed by atoms with Gasteiger partial charge >= 0.3 is 0 Å². The lowest BCUT2D eigenvalue weighted by Gasteiger charge is -2.02. The average Bonchev–Trinajstić information content (AvgIpc) is 3.16. The van der Waals surface area contributed by atoms with Crippen LogP contribution in [0.15, 0.2) is 48.8 Å². The van der Waals surface area contributed by atoms with Crippen LogP contribution in [-0.2, 0) is 6.42 Å². The van der Waals surface area contributed by atoms with Gasteiger partial charge in [-0.05, 0) is 49.2 Å². The number of hydrogen-bond donors (Lipinski definition) is 1. The molecular formula is C18H16FN5S. The molecule has 25 heavy (non-hydrogen) atoms. The number of halogens is 1. The fourth-order valence-electron chi connectivity index (χ4n) is 2.49. The zero-order valence-corrected chi connectivity index (χ0v) is 14.4. The summed E-state index contributed by atoms with van der Waals surface area (Å²) in [6.07, 6.45) is 4.64. The Kier molecular flexibility index (Phi) is 4.15. The van der Waals surface area contributed by atoms with Gasteiger partial charge in [0.1, 0.15) is 5.82 Å². The van der Waals surface area contributed by atoms with Crippen LogP contribution in [0.2, 0.25) is 0 Å². The molecule has 126 valence electrons. The highest BCUT2D eigenvalue weighted by Crippen LogP contribution is 2.24. The lowest BCUT2D eigenvalue weighted by atomic mass is 10.2. The minimum Gasteiger partial charge on any atom is -0.360 e. The van der Waals surface area contributed by atoms with Crippen molar-refractivity contribution in [3.63, 3.8) is 0 Å². The second-order valence-electron chi connectivity index (χ2n) is 5.75. The first-order valence-corrected chi connectivity index (χ1v) is 8.76. The second-order valence-corrected chi connectivity index (χ2v) is 6.71. The number of nitrogens with one attached hydrogen (secondary N) is 1. The highest BCUT2D eigenvalue weighted by atomic mass is 32.1. The molecule has 0 spiro atoms. The maximum atomic E-state index is 13.0. The Morgan fingerprint density at radius 3 is 2.72 bits per heavy atom. The SMILES string of the molecule is Cc1ccc(CCNc2nn3cc(-c4ccc(F)cc4)nc3s2)cn1. The van der Waals surface area contributed by atoms with Crippen molar-refractivity contribution in [3.8, 4) is 11.3 Å². The van der Waals surface area contributed by atoms with E-state index in [1.807, 2.05) is 25.4 Å². The second kappa shape index (κ2) is 6.60. The Labute approximate surface area is 148 Å². The van der Waals surface area contributed by atoms with Gasteiger partial charge < -0.3 is 5.32 Å². The third kappa shape index (κ3) is 3.51. The molecule has 0 unspecified atom stereocenters. The summed E-state index contributed by atoms with van der Waals surface area (Å²) >= 11 is 1.49. The molecule has 0 bridgehead atoms. The number of pyridine rings is 1. The van der Waals surface area contributed by atoms with E-state index in [9.17, 15) is 4.39 Å². The summed E-state index contributed by atoms with van der Waals surface area (Å²) in [7, 11) is 0. The molecule has 0 saturated carbocycles. The lowest BCUT2D eigenvalue weighted by molar-refractivity contribution is 0.628. The first-order chi connectivity index (χ1) is 12.2. The van der Waals surface area contributed by atoms with E-state index in [2.05, 4.69) is 26.4 Å². The van der Waals surface area contributed by atoms with E-state index in [1.54, 1.807) is 16.6 Å². The van der Waals surface area contributed by atoms with Crippen molar-refractivity contribution in [1.82, 2.24) is 19.6 Å². The summed E-state index contributed by atoms with van der Waals surface area (Å²) < 4.78 is 14.8. The van der Waals surface area contributed by atoms with Gasteiger partial charge in [-0.15, -0.1) is 5.10 Å². The largest absolute Gasteiger partial charge is 0.360 e. The van der Waals surface area contributed by atoms with E-state index in [4.69, 9.17) is 0 Å². The van der Waals surface area contributed by atoms with Crippen LogP contribution < -0.4 is 5.32 Å². The fraction of sp³-hybridized carbons (Fsp3) is 0.167. The first kappa shape index (κ1) is 15.7. The van der Waals surface area contributed by atoms with Crippen molar-refractivity contribution in [2.45, 2.75) is 13.3 Å². The van der Waals surface area contributed by atoms with Crippen LogP contribution in [0.4, 0.5) is 9.52 Å². The summed E-state index contributed by atoms with van der Waals surface area (Å²) in [5.74, 6) is -0.252. The van der Waals surface area contributed by atoms with Gasteiger partial charge in [-0.3, -0.25) is 4.98 Å². The number of nitrogens with zero attached hydrogens (tertiary/aromatic N) is 4. The Balaban J connectivity index is 1.42. The van der Waals surface area contributed by atoms with Crippen molar-refractivity contribution in [1.29, 1.82) is 0 Å². The number of fused-ring (bicyclic) bond motifs is 1. The zero-order chi connectivity index (χ0) is 17.2. The third-order valence-electron chi connectivity index (χ3n) is 3.85. The smallest absolute Gasteiger partial charge is 0.214 e. The number of aryl methyl sites for hydroxylation is 1. The van der Waals surface area contributed by atoms with Gasteiger partial charge in [0, 0.05) is 24.0 Å².